The number of Topliss-reactive ketones (excluding diaryl/α,β-unsaturated/α-hetero) is 2. The molecule has 0 aromatic heterocycles. The molecule has 2 aliphatic heterocycles. The summed E-state index contributed by atoms with van der Waals surface area (Å²) in [4.78, 5) is 57.7. The molecule has 10 nitrogen and oxygen atoms in total. The number of hydrogen-bond acceptors (Lipinski definition) is 8. The molecule has 0 spiro atoms. The summed E-state index contributed by atoms with van der Waals surface area (Å²) in [6.07, 6.45) is 7.88. The van der Waals surface area contributed by atoms with Crippen molar-refractivity contribution in [3.05, 3.63) is 0 Å². The number of amides is 2. The Morgan fingerprint density at radius 3 is 1.45 bits per heavy atom. The van der Waals surface area contributed by atoms with E-state index in [9.17, 15) is 19.2 Å². The van der Waals surface area contributed by atoms with Crippen molar-refractivity contribution in [1.29, 1.82) is 0 Å². The number of carbonyl (C=O) groups excluding carboxylic acids is 4. The lowest BCUT2D eigenvalue weighted by molar-refractivity contribution is -0.129. The molecule has 10 heteroatoms. The smallest absolute Gasteiger partial charge is 0.265 e. The van der Waals surface area contributed by atoms with Crippen LogP contribution in [0.5, 0.6) is 0 Å². The Kier molecular flexibility index (Phi) is 18.0. The van der Waals surface area contributed by atoms with Crippen LogP contribution in [0.1, 0.15) is 148 Å². The van der Waals surface area contributed by atoms with Crippen LogP contribution in [0.25, 0.3) is 0 Å². The predicted octanol–water partition coefficient (Wildman–Crippen LogP) is 6.01. The minimum atomic E-state index is -0.353. The lowest BCUT2D eigenvalue weighted by atomic mass is 9.84. The lowest BCUT2D eigenvalue weighted by Gasteiger charge is -2.32. The van der Waals surface area contributed by atoms with Crippen LogP contribution in [-0.4, -0.2) is 84.1 Å². The maximum absolute atomic E-state index is 12.7. The molecule has 49 heavy (non-hydrogen) atoms. The first-order valence-electron chi connectivity index (χ1n) is 18.7. The average Bonchev–Trinajstić information content (AvgIpc) is 3.65. The van der Waals surface area contributed by atoms with Crippen molar-refractivity contribution in [3.63, 3.8) is 0 Å². The summed E-state index contributed by atoms with van der Waals surface area (Å²) in [5, 5.41) is 12.8. The molecule has 0 aromatic rings. The van der Waals surface area contributed by atoms with E-state index in [1.807, 2.05) is 48.5 Å². The van der Waals surface area contributed by atoms with Crippen molar-refractivity contribution in [3.8, 4) is 0 Å². The maximum Gasteiger partial charge on any atom is 0.265 e. The van der Waals surface area contributed by atoms with Crippen LogP contribution in [0.15, 0.2) is 9.98 Å². The summed E-state index contributed by atoms with van der Waals surface area (Å²) in [6.45, 7) is 29.2. The Bertz CT molecular complexity index is 1150. The molecule has 0 aromatic carbocycles. The molecule has 282 valence electrons. The van der Waals surface area contributed by atoms with Crippen molar-refractivity contribution >= 4 is 34.8 Å². The summed E-state index contributed by atoms with van der Waals surface area (Å²) in [7, 11) is 0. The molecule has 2 heterocycles. The van der Waals surface area contributed by atoms with Crippen LogP contribution in [0.2, 0.25) is 0 Å². The predicted molar refractivity (Wildman–Crippen MR) is 204 cm³/mol. The van der Waals surface area contributed by atoms with Gasteiger partial charge in [0.05, 0.1) is 17.8 Å². The second kappa shape index (κ2) is 19.8. The van der Waals surface area contributed by atoms with Gasteiger partial charge in [0.1, 0.15) is 5.71 Å². The zero-order valence-corrected chi connectivity index (χ0v) is 33.5. The standard InChI is InChI=1S/C20H37N3O2.C19H35N3O2/c1-14-11-13-21-16(14)18(25)22-12-9-8-10-15(23-20(5,6)7)17(24)19(2,3)4;1-18(2,3)16(23)14(22-19(4,5)6)10-7-8-12-21-17(24)15-11-9-13-20-15/h14-15,23H,8-13H2,1-7H3,(H,22,25);14,22H,7-13H2,1-6H3,(H,21,24). The van der Waals surface area contributed by atoms with Crippen LogP contribution in [0.4, 0.5) is 0 Å². The molecule has 0 fully saturated rings. The molecular weight excluding hydrogens is 616 g/mol. The lowest BCUT2D eigenvalue weighted by Crippen LogP contribution is -2.50. The van der Waals surface area contributed by atoms with Gasteiger partial charge >= 0.3 is 0 Å². The highest BCUT2D eigenvalue weighted by molar-refractivity contribution is 6.40. The van der Waals surface area contributed by atoms with Crippen molar-refractivity contribution in [2.45, 2.75) is 171 Å². The fraction of sp³-hybridized carbons (Fsp3) is 0.846. The van der Waals surface area contributed by atoms with E-state index in [4.69, 9.17) is 0 Å². The molecule has 3 unspecified atom stereocenters. The van der Waals surface area contributed by atoms with Gasteiger partial charge in [0, 0.05) is 54.0 Å². The molecule has 0 saturated heterocycles. The van der Waals surface area contributed by atoms with E-state index in [0.29, 0.717) is 24.5 Å². The van der Waals surface area contributed by atoms with Gasteiger partial charge in [0.25, 0.3) is 11.8 Å². The maximum atomic E-state index is 12.7. The van der Waals surface area contributed by atoms with E-state index in [1.54, 1.807) is 0 Å². The van der Waals surface area contributed by atoms with Gasteiger partial charge in [-0.2, -0.15) is 0 Å². The highest BCUT2D eigenvalue weighted by atomic mass is 16.2. The number of ketones is 2. The molecule has 0 radical (unpaired) electrons. The van der Waals surface area contributed by atoms with E-state index >= 15 is 0 Å². The van der Waals surface area contributed by atoms with Crippen LogP contribution in [0, 0.1) is 16.7 Å². The van der Waals surface area contributed by atoms with Crippen LogP contribution >= 0.6 is 0 Å². The molecule has 0 bridgehead atoms. The van der Waals surface area contributed by atoms with E-state index in [-0.39, 0.29) is 63.3 Å². The van der Waals surface area contributed by atoms with E-state index < -0.39 is 0 Å². The Hall–Kier alpha value is -2.46. The third kappa shape index (κ3) is 18.4. The molecule has 2 aliphatic rings. The molecule has 2 rings (SSSR count). The Labute approximate surface area is 298 Å². The molecule has 0 saturated carbocycles. The van der Waals surface area contributed by atoms with Gasteiger partial charge in [-0.3, -0.25) is 29.2 Å². The first kappa shape index (κ1) is 44.6. The van der Waals surface area contributed by atoms with Gasteiger partial charge in [-0.25, -0.2) is 0 Å². The third-order valence-electron chi connectivity index (χ3n) is 8.42. The van der Waals surface area contributed by atoms with Crippen LogP contribution in [0.3, 0.4) is 0 Å². The molecular formula is C39H72N6O4. The highest BCUT2D eigenvalue weighted by Crippen LogP contribution is 2.22. The molecule has 3 atom stereocenters. The number of nitrogens with one attached hydrogen (secondary N) is 4. The van der Waals surface area contributed by atoms with Crippen molar-refractivity contribution in [2.24, 2.45) is 26.7 Å². The van der Waals surface area contributed by atoms with Gasteiger partial charge < -0.3 is 21.3 Å². The van der Waals surface area contributed by atoms with Crippen molar-refractivity contribution in [1.82, 2.24) is 21.3 Å². The Morgan fingerprint density at radius 1 is 0.653 bits per heavy atom. The summed E-state index contributed by atoms with van der Waals surface area (Å²) >= 11 is 0. The van der Waals surface area contributed by atoms with Gasteiger partial charge in [0.2, 0.25) is 0 Å². The topological polar surface area (TPSA) is 141 Å². The number of unbranched alkanes of at least 4 members (excludes halogenated alkanes) is 2. The van der Waals surface area contributed by atoms with Gasteiger partial charge in [-0.15, -0.1) is 0 Å². The number of rotatable bonds is 16. The first-order chi connectivity index (χ1) is 22.4. The number of hydrogen-bond donors (Lipinski definition) is 4. The molecule has 2 amide bonds. The Morgan fingerprint density at radius 2 is 1.10 bits per heavy atom. The normalized spacial score (nSPS) is 18.1. The summed E-state index contributed by atoms with van der Waals surface area (Å²) in [6, 6.07) is -0.283. The summed E-state index contributed by atoms with van der Waals surface area (Å²) in [5.74, 6) is 0.718. The fourth-order valence-corrected chi connectivity index (χ4v) is 5.86. The highest BCUT2D eigenvalue weighted by Gasteiger charge is 2.33. The second-order valence-electron chi connectivity index (χ2n) is 18.0. The summed E-state index contributed by atoms with van der Waals surface area (Å²) < 4.78 is 0. The average molecular weight is 689 g/mol. The number of nitrogens with zero attached hydrogens (tertiary/aromatic N) is 2. The SMILES string of the molecule is CC(C)(C)NC(CCCCNC(=O)C1=NCCC1)C(=O)C(C)(C)C.CC1CCN=C1C(=O)NCCCCC(NC(C)(C)C)C(=O)C(C)(C)C. The van der Waals surface area contributed by atoms with Crippen LogP contribution in [-0.2, 0) is 19.2 Å². The zero-order chi connectivity index (χ0) is 37.6. The van der Waals surface area contributed by atoms with E-state index in [2.05, 4.69) is 72.8 Å². The molecule has 0 aliphatic carbocycles. The minimum Gasteiger partial charge on any atom is -0.351 e. The largest absolute Gasteiger partial charge is 0.351 e. The Balaban J connectivity index is 0.000000490. The first-order valence-corrected chi connectivity index (χ1v) is 18.7. The van der Waals surface area contributed by atoms with Gasteiger partial charge in [-0.1, -0.05) is 48.5 Å². The monoisotopic (exact) mass is 689 g/mol. The van der Waals surface area contributed by atoms with Crippen molar-refractivity contribution in [2.75, 3.05) is 26.2 Å². The van der Waals surface area contributed by atoms with Gasteiger partial charge in [0.15, 0.2) is 11.6 Å². The zero-order valence-electron chi connectivity index (χ0n) is 33.5. The van der Waals surface area contributed by atoms with Crippen LogP contribution < -0.4 is 21.3 Å². The second-order valence-corrected chi connectivity index (χ2v) is 18.0. The third-order valence-corrected chi connectivity index (χ3v) is 8.42. The number of carbonyl (C=O) groups is 4. The fourth-order valence-electron chi connectivity index (χ4n) is 5.86. The number of aliphatic imine (C=N–C) groups is 2. The van der Waals surface area contributed by atoms with E-state index in [0.717, 1.165) is 70.9 Å². The van der Waals surface area contributed by atoms with Crippen molar-refractivity contribution < 1.29 is 19.2 Å². The van der Waals surface area contributed by atoms with Gasteiger partial charge in [-0.05, 0) is 99.3 Å². The minimum absolute atomic E-state index is 0.0253. The molecule has 4 N–H and O–H groups in total. The van der Waals surface area contributed by atoms with E-state index in [1.165, 1.54) is 0 Å². The quantitative estimate of drug-likeness (QED) is 0.147. The summed E-state index contributed by atoms with van der Waals surface area (Å²) in [5.41, 5.74) is 0.475.